The molecule has 1 aromatic heterocycles. The van der Waals surface area contributed by atoms with Crippen molar-refractivity contribution in [3.05, 3.63) is 51.9 Å². The van der Waals surface area contributed by atoms with Crippen LogP contribution in [0.5, 0.6) is 11.5 Å². The van der Waals surface area contributed by atoms with E-state index in [2.05, 4.69) is 5.10 Å². The first kappa shape index (κ1) is 15.1. The quantitative estimate of drug-likeness (QED) is 0.898. The smallest absolute Gasteiger partial charge is 0.266 e. The van der Waals surface area contributed by atoms with Crippen LogP contribution in [0.1, 0.15) is 24.2 Å². The maximum absolute atomic E-state index is 11.6. The zero-order valence-corrected chi connectivity index (χ0v) is 12.4. The normalized spacial score (nSPS) is 12.0. The molecule has 21 heavy (non-hydrogen) atoms. The Labute approximate surface area is 123 Å². The molecule has 2 N–H and O–H groups in total. The Bertz CT molecular complexity index is 682. The van der Waals surface area contributed by atoms with Crippen LogP contribution < -0.4 is 20.8 Å². The molecule has 112 valence electrons. The van der Waals surface area contributed by atoms with E-state index in [-0.39, 0.29) is 5.56 Å². The summed E-state index contributed by atoms with van der Waals surface area (Å²) in [5, 5.41) is 4.28. The van der Waals surface area contributed by atoms with Crippen molar-refractivity contribution in [2.75, 3.05) is 14.2 Å². The van der Waals surface area contributed by atoms with Gasteiger partial charge in [0.2, 0.25) is 0 Å². The van der Waals surface area contributed by atoms with Crippen LogP contribution in [0.2, 0.25) is 0 Å². The average Bonchev–Trinajstić information content (AvgIpc) is 2.54. The Morgan fingerprint density at radius 1 is 1.24 bits per heavy atom. The van der Waals surface area contributed by atoms with Gasteiger partial charge in [0.05, 0.1) is 26.0 Å². The molecule has 0 fully saturated rings. The van der Waals surface area contributed by atoms with Crippen molar-refractivity contribution in [3.63, 3.8) is 0 Å². The van der Waals surface area contributed by atoms with E-state index >= 15 is 0 Å². The summed E-state index contributed by atoms with van der Waals surface area (Å²) in [6.07, 6.45) is 0. The van der Waals surface area contributed by atoms with Gasteiger partial charge in [-0.1, -0.05) is 0 Å². The molecule has 0 aliphatic heterocycles. The zero-order chi connectivity index (χ0) is 15.4. The molecule has 1 atom stereocenters. The van der Waals surface area contributed by atoms with Crippen LogP contribution in [0.3, 0.4) is 0 Å². The van der Waals surface area contributed by atoms with Crippen LogP contribution in [0.4, 0.5) is 0 Å². The number of nitrogens with zero attached hydrogens (tertiary/aromatic N) is 2. The molecule has 0 radical (unpaired) electrons. The number of aryl methyl sites for hydroxylation is 1. The molecular weight excluding hydrogens is 270 g/mol. The van der Waals surface area contributed by atoms with Crippen LogP contribution in [0.25, 0.3) is 0 Å². The lowest BCUT2D eigenvalue weighted by Crippen LogP contribution is -2.25. The first-order chi connectivity index (χ1) is 10.1. The Kier molecular flexibility index (Phi) is 4.59. The predicted octanol–water partition coefficient (Wildman–Crippen LogP) is 1.33. The number of ether oxygens (including phenoxy) is 2. The third kappa shape index (κ3) is 3.05. The molecule has 6 nitrogen and oxygen atoms in total. The van der Waals surface area contributed by atoms with E-state index in [0.717, 1.165) is 5.56 Å². The van der Waals surface area contributed by atoms with Gasteiger partial charge in [-0.05, 0) is 25.1 Å². The standard InChI is InChI=1S/C15H19N3O3/c1-4-18-14(19)8-7-12(17-18)15(16)11-6-5-10(20-2)9-13(11)21-3/h5-9,15H,4,16H2,1-3H3. The van der Waals surface area contributed by atoms with Crippen LogP contribution in [-0.2, 0) is 6.54 Å². The third-order valence-corrected chi connectivity index (χ3v) is 3.28. The second-order valence-corrected chi connectivity index (χ2v) is 4.50. The van der Waals surface area contributed by atoms with Gasteiger partial charge in [-0.25, -0.2) is 4.68 Å². The average molecular weight is 289 g/mol. The fourth-order valence-electron chi connectivity index (χ4n) is 2.09. The fraction of sp³-hybridized carbons (Fsp3) is 0.333. The Hall–Kier alpha value is -2.34. The van der Waals surface area contributed by atoms with Crippen LogP contribution >= 0.6 is 0 Å². The lowest BCUT2D eigenvalue weighted by molar-refractivity contribution is 0.389. The highest BCUT2D eigenvalue weighted by Crippen LogP contribution is 2.30. The molecule has 0 aliphatic carbocycles. The first-order valence-corrected chi connectivity index (χ1v) is 6.66. The molecule has 1 aromatic carbocycles. The number of rotatable bonds is 5. The second kappa shape index (κ2) is 6.41. The summed E-state index contributed by atoms with van der Waals surface area (Å²) in [4.78, 5) is 11.6. The summed E-state index contributed by atoms with van der Waals surface area (Å²) < 4.78 is 11.9. The second-order valence-electron chi connectivity index (χ2n) is 4.50. The maximum atomic E-state index is 11.6. The molecule has 0 saturated heterocycles. The van der Waals surface area contributed by atoms with Crippen molar-refractivity contribution < 1.29 is 9.47 Å². The third-order valence-electron chi connectivity index (χ3n) is 3.28. The Morgan fingerprint density at radius 3 is 2.62 bits per heavy atom. The molecular formula is C15H19N3O3. The largest absolute Gasteiger partial charge is 0.497 e. The van der Waals surface area contributed by atoms with E-state index in [9.17, 15) is 4.79 Å². The summed E-state index contributed by atoms with van der Waals surface area (Å²) in [6.45, 7) is 2.36. The van der Waals surface area contributed by atoms with Gasteiger partial charge in [-0.15, -0.1) is 0 Å². The number of nitrogens with two attached hydrogens (primary N) is 1. The first-order valence-electron chi connectivity index (χ1n) is 6.66. The van der Waals surface area contributed by atoms with Gasteiger partial charge in [0.25, 0.3) is 5.56 Å². The molecule has 1 heterocycles. The Morgan fingerprint density at radius 2 is 2.00 bits per heavy atom. The van der Waals surface area contributed by atoms with Crippen molar-refractivity contribution in [1.29, 1.82) is 0 Å². The SMILES string of the molecule is CCn1nc(C(N)c2ccc(OC)cc2OC)ccc1=O. The summed E-state index contributed by atoms with van der Waals surface area (Å²) in [7, 11) is 3.17. The topological polar surface area (TPSA) is 79.4 Å². The van der Waals surface area contributed by atoms with Crippen LogP contribution in [0.15, 0.2) is 35.1 Å². The van der Waals surface area contributed by atoms with Gasteiger partial charge in [-0.3, -0.25) is 4.79 Å². The molecule has 1 unspecified atom stereocenters. The molecule has 6 heteroatoms. The number of aromatic nitrogens is 2. The van der Waals surface area contributed by atoms with Crippen LogP contribution in [0, 0.1) is 0 Å². The summed E-state index contributed by atoms with van der Waals surface area (Å²) in [5.41, 5.74) is 7.51. The summed E-state index contributed by atoms with van der Waals surface area (Å²) >= 11 is 0. The predicted molar refractivity (Wildman–Crippen MR) is 79.7 cm³/mol. The molecule has 0 amide bonds. The Balaban J connectivity index is 2.44. The minimum atomic E-state index is -0.482. The van der Waals surface area contributed by atoms with Gasteiger partial charge < -0.3 is 15.2 Å². The monoisotopic (exact) mass is 289 g/mol. The lowest BCUT2D eigenvalue weighted by Gasteiger charge is -2.16. The number of benzene rings is 1. The minimum absolute atomic E-state index is 0.143. The molecule has 0 saturated carbocycles. The van der Waals surface area contributed by atoms with E-state index in [1.807, 2.05) is 19.1 Å². The molecule has 0 aliphatic rings. The highest BCUT2D eigenvalue weighted by atomic mass is 16.5. The van der Waals surface area contributed by atoms with Gasteiger partial charge in [-0.2, -0.15) is 5.10 Å². The maximum Gasteiger partial charge on any atom is 0.266 e. The highest BCUT2D eigenvalue weighted by molar-refractivity contribution is 5.44. The molecule has 0 bridgehead atoms. The summed E-state index contributed by atoms with van der Waals surface area (Å²) in [6, 6.07) is 8.05. The van der Waals surface area contributed by atoms with Crippen molar-refractivity contribution >= 4 is 0 Å². The molecule has 0 spiro atoms. The van der Waals surface area contributed by atoms with Gasteiger partial charge in [0.1, 0.15) is 11.5 Å². The molecule has 2 aromatic rings. The van der Waals surface area contributed by atoms with E-state index < -0.39 is 6.04 Å². The van der Waals surface area contributed by atoms with Crippen molar-refractivity contribution in [2.45, 2.75) is 19.5 Å². The van der Waals surface area contributed by atoms with E-state index in [1.54, 1.807) is 26.4 Å². The zero-order valence-electron chi connectivity index (χ0n) is 12.4. The minimum Gasteiger partial charge on any atom is -0.497 e. The molecule has 2 rings (SSSR count). The van der Waals surface area contributed by atoms with Gasteiger partial charge >= 0.3 is 0 Å². The van der Waals surface area contributed by atoms with E-state index in [0.29, 0.717) is 23.7 Å². The van der Waals surface area contributed by atoms with Gasteiger partial charge in [0, 0.05) is 24.2 Å². The number of hydrogen-bond donors (Lipinski definition) is 1. The van der Waals surface area contributed by atoms with Gasteiger partial charge in [0.15, 0.2) is 0 Å². The van der Waals surface area contributed by atoms with Crippen molar-refractivity contribution in [1.82, 2.24) is 9.78 Å². The lowest BCUT2D eigenvalue weighted by atomic mass is 10.0. The number of hydrogen-bond acceptors (Lipinski definition) is 5. The fourth-order valence-corrected chi connectivity index (χ4v) is 2.09. The van der Waals surface area contributed by atoms with Crippen molar-refractivity contribution in [3.8, 4) is 11.5 Å². The highest BCUT2D eigenvalue weighted by Gasteiger charge is 2.17. The number of methoxy groups -OCH3 is 2. The van der Waals surface area contributed by atoms with Crippen LogP contribution in [-0.4, -0.2) is 24.0 Å². The summed E-state index contributed by atoms with van der Waals surface area (Å²) in [5.74, 6) is 1.31. The van der Waals surface area contributed by atoms with Crippen molar-refractivity contribution in [2.24, 2.45) is 5.73 Å². The van der Waals surface area contributed by atoms with E-state index in [1.165, 1.54) is 10.7 Å². The van der Waals surface area contributed by atoms with E-state index in [4.69, 9.17) is 15.2 Å².